The first-order chi connectivity index (χ1) is 11.1. The van der Waals surface area contributed by atoms with Crippen LogP contribution in [0.15, 0.2) is 36.7 Å². The van der Waals surface area contributed by atoms with Crippen LogP contribution in [0.5, 0.6) is 6.01 Å². The highest BCUT2D eigenvalue weighted by Gasteiger charge is 2.28. The Morgan fingerprint density at radius 1 is 1.30 bits per heavy atom. The Bertz CT molecular complexity index is 681. The molecular weight excluding hydrogens is 323 g/mol. The molecule has 1 aliphatic rings. The molecule has 1 saturated heterocycles. The normalized spacial score (nSPS) is 17.1. The lowest BCUT2D eigenvalue weighted by atomic mass is 10.3. The summed E-state index contributed by atoms with van der Waals surface area (Å²) in [6.07, 6.45) is 3.42. The van der Waals surface area contributed by atoms with E-state index in [1.54, 1.807) is 4.90 Å². The highest BCUT2D eigenvalue weighted by molar-refractivity contribution is 6.30. The lowest BCUT2D eigenvalue weighted by Gasteiger charge is -2.17. The largest absolute Gasteiger partial charge is 0.458 e. The molecule has 8 heteroatoms. The highest BCUT2D eigenvalue weighted by Crippen LogP contribution is 2.17. The SMILES string of the molecule is O=C(Nc1ccc(F)cc1)N1CC[C@H](Oc2ncc(Cl)cn2)C1. The third-order valence-corrected chi connectivity index (χ3v) is 3.59. The van der Waals surface area contributed by atoms with Crippen molar-refractivity contribution < 1.29 is 13.9 Å². The molecule has 23 heavy (non-hydrogen) atoms. The maximum absolute atomic E-state index is 12.8. The molecule has 1 atom stereocenters. The summed E-state index contributed by atoms with van der Waals surface area (Å²) in [6.45, 7) is 0.990. The van der Waals surface area contributed by atoms with Gasteiger partial charge in [-0.25, -0.2) is 19.2 Å². The van der Waals surface area contributed by atoms with Gasteiger partial charge in [-0.2, -0.15) is 0 Å². The van der Waals surface area contributed by atoms with E-state index >= 15 is 0 Å². The summed E-state index contributed by atoms with van der Waals surface area (Å²) >= 11 is 5.71. The molecule has 1 aromatic carbocycles. The van der Waals surface area contributed by atoms with Crippen molar-refractivity contribution in [2.45, 2.75) is 12.5 Å². The van der Waals surface area contributed by atoms with E-state index in [0.717, 1.165) is 0 Å². The lowest BCUT2D eigenvalue weighted by Crippen LogP contribution is -2.34. The Morgan fingerprint density at radius 3 is 2.70 bits per heavy atom. The van der Waals surface area contributed by atoms with E-state index in [9.17, 15) is 9.18 Å². The number of nitrogens with one attached hydrogen (secondary N) is 1. The second-order valence-electron chi connectivity index (χ2n) is 5.10. The van der Waals surface area contributed by atoms with Gasteiger partial charge in [0, 0.05) is 18.7 Å². The number of benzene rings is 1. The zero-order valence-corrected chi connectivity index (χ0v) is 12.8. The molecule has 6 nitrogen and oxygen atoms in total. The molecule has 3 rings (SSSR count). The number of ether oxygens (including phenoxy) is 1. The summed E-state index contributed by atoms with van der Waals surface area (Å²) in [5, 5.41) is 3.15. The molecule has 1 aromatic heterocycles. The minimum atomic E-state index is -0.347. The van der Waals surface area contributed by atoms with Gasteiger partial charge in [0.05, 0.1) is 24.0 Å². The van der Waals surface area contributed by atoms with Gasteiger partial charge in [-0.3, -0.25) is 0 Å². The number of carbonyl (C=O) groups is 1. The molecule has 1 fully saturated rings. The van der Waals surface area contributed by atoms with E-state index in [1.807, 2.05) is 0 Å². The van der Waals surface area contributed by atoms with Gasteiger partial charge in [0.15, 0.2) is 0 Å². The van der Waals surface area contributed by atoms with Crippen LogP contribution in [0.3, 0.4) is 0 Å². The summed E-state index contributed by atoms with van der Waals surface area (Å²) in [7, 11) is 0. The molecule has 2 amide bonds. The summed E-state index contributed by atoms with van der Waals surface area (Å²) in [4.78, 5) is 21.7. The maximum atomic E-state index is 12.8. The number of likely N-dealkylation sites (tertiary alicyclic amines) is 1. The first kappa shape index (κ1) is 15.5. The summed E-state index contributed by atoms with van der Waals surface area (Å²) in [6, 6.07) is 5.60. The van der Waals surface area contributed by atoms with Crippen molar-refractivity contribution in [3.63, 3.8) is 0 Å². The van der Waals surface area contributed by atoms with Crippen LogP contribution in [0, 0.1) is 5.82 Å². The molecule has 0 unspecified atom stereocenters. The number of halogens is 2. The third kappa shape index (κ3) is 4.07. The molecule has 1 aliphatic heterocycles. The minimum Gasteiger partial charge on any atom is -0.458 e. The van der Waals surface area contributed by atoms with Gasteiger partial charge < -0.3 is 15.0 Å². The van der Waals surface area contributed by atoms with E-state index in [2.05, 4.69) is 15.3 Å². The van der Waals surface area contributed by atoms with Crippen molar-refractivity contribution in [2.75, 3.05) is 18.4 Å². The van der Waals surface area contributed by atoms with E-state index in [1.165, 1.54) is 36.7 Å². The number of rotatable bonds is 3. The fraction of sp³-hybridized carbons (Fsp3) is 0.267. The monoisotopic (exact) mass is 336 g/mol. The quantitative estimate of drug-likeness (QED) is 0.935. The molecule has 0 bridgehead atoms. The predicted octanol–water partition coefficient (Wildman–Crippen LogP) is 2.95. The molecule has 1 N–H and O–H groups in total. The standard InChI is InChI=1S/C15H14ClFN4O2/c16-10-7-18-14(19-8-10)23-13-5-6-21(9-13)15(22)20-12-3-1-11(17)2-4-12/h1-4,7-8,13H,5-6,9H2,(H,20,22)/t13-/m0/s1. The van der Waals surface area contributed by atoms with E-state index in [0.29, 0.717) is 30.2 Å². The minimum absolute atomic E-state index is 0.171. The molecule has 0 saturated carbocycles. The van der Waals surface area contributed by atoms with Gasteiger partial charge in [0.1, 0.15) is 11.9 Å². The van der Waals surface area contributed by atoms with Gasteiger partial charge in [0.2, 0.25) is 0 Å². The zero-order valence-electron chi connectivity index (χ0n) is 12.1. The zero-order chi connectivity index (χ0) is 16.2. The molecule has 120 valence electrons. The van der Waals surface area contributed by atoms with Crippen LogP contribution in [-0.4, -0.2) is 40.1 Å². The van der Waals surface area contributed by atoms with Crippen molar-refractivity contribution in [3.05, 3.63) is 47.5 Å². The Balaban J connectivity index is 1.53. The molecule has 0 radical (unpaired) electrons. The number of hydrogen-bond acceptors (Lipinski definition) is 4. The Morgan fingerprint density at radius 2 is 2.00 bits per heavy atom. The molecule has 2 aromatic rings. The number of anilines is 1. The van der Waals surface area contributed by atoms with Crippen molar-refractivity contribution in [2.24, 2.45) is 0 Å². The fourth-order valence-corrected chi connectivity index (χ4v) is 2.35. The van der Waals surface area contributed by atoms with Gasteiger partial charge in [-0.05, 0) is 24.3 Å². The lowest BCUT2D eigenvalue weighted by molar-refractivity contribution is 0.184. The van der Waals surface area contributed by atoms with Crippen molar-refractivity contribution in [1.82, 2.24) is 14.9 Å². The molecule has 0 aliphatic carbocycles. The number of urea groups is 1. The number of amides is 2. The first-order valence-electron chi connectivity index (χ1n) is 7.06. The van der Waals surface area contributed by atoms with Crippen LogP contribution >= 0.6 is 11.6 Å². The number of hydrogen-bond donors (Lipinski definition) is 1. The smallest absolute Gasteiger partial charge is 0.321 e. The van der Waals surface area contributed by atoms with Crippen LogP contribution in [0.1, 0.15) is 6.42 Å². The van der Waals surface area contributed by atoms with Gasteiger partial charge in [-0.1, -0.05) is 11.6 Å². The maximum Gasteiger partial charge on any atom is 0.321 e. The van der Waals surface area contributed by atoms with Crippen LogP contribution in [0.4, 0.5) is 14.9 Å². The van der Waals surface area contributed by atoms with Crippen LogP contribution in [0.2, 0.25) is 5.02 Å². The van der Waals surface area contributed by atoms with Crippen molar-refractivity contribution in [3.8, 4) is 6.01 Å². The predicted molar refractivity (Wildman–Crippen MR) is 83.1 cm³/mol. The topological polar surface area (TPSA) is 67.4 Å². The second kappa shape index (κ2) is 6.78. The highest BCUT2D eigenvalue weighted by atomic mass is 35.5. The Labute approximate surface area is 137 Å². The molecular formula is C15H14ClFN4O2. The first-order valence-corrected chi connectivity index (χ1v) is 7.43. The Hall–Kier alpha value is -2.41. The average Bonchev–Trinajstić information content (AvgIpc) is 3.00. The Kier molecular flexibility index (Phi) is 4.57. The fourth-order valence-electron chi connectivity index (χ4n) is 2.25. The second-order valence-corrected chi connectivity index (χ2v) is 5.53. The van der Waals surface area contributed by atoms with Crippen molar-refractivity contribution in [1.29, 1.82) is 0 Å². The molecule has 2 heterocycles. The average molecular weight is 337 g/mol. The van der Waals surface area contributed by atoms with E-state index in [-0.39, 0.29) is 24.0 Å². The van der Waals surface area contributed by atoms with Crippen LogP contribution in [0.25, 0.3) is 0 Å². The third-order valence-electron chi connectivity index (χ3n) is 3.40. The van der Waals surface area contributed by atoms with Crippen molar-refractivity contribution >= 4 is 23.3 Å². The van der Waals surface area contributed by atoms with E-state index in [4.69, 9.17) is 16.3 Å². The van der Waals surface area contributed by atoms with E-state index < -0.39 is 0 Å². The number of carbonyl (C=O) groups excluding carboxylic acids is 1. The summed E-state index contributed by atoms with van der Waals surface area (Å²) in [5.41, 5.74) is 0.543. The summed E-state index contributed by atoms with van der Waals surface area (Å²) < 4.78 is 18.5. The number of nitrogens with zero attached hydrogens (tertiary/aromatic N) is 3. The summed E-state index contributed by atoms with van der Waals surface area (Å²) in [5.74, 6) is -0.347. The van der Waals surface area contributed by atoms with Gasteiger partial charge in [-0.15, -0.1) is 0 Å². The van der Waals surface area contributed by atoms with Crippen LogP contribution < -0.4 is 10.1 Å². The van der Waals surface area contributed by atoms with Gasteiger partial charge >= 0.3 is 12.0 Å². The van der Waals surface area contributed by atoms with Crippen LogP contribution in [-0.2, 0) is 0 Å². The number of aromatic nitrogens is 2. The van der Waals surface area contributed by atoms with Gasteiger partial charge in [0.25, 0.3) is 0 Å². The molecule has 0 spiro atoms.